The summed E-state index contributed by atoms with van der Waals surface area (Å²) < 4.78 is 0. The molecule has 0 spiro atoms. The standard InChI is InChI=1S/C13H13N3O3.H3N/c1-16(2)13(19)10(7-14)11(17)8-5-3-4-6-9(8)12(15)18;/h3-6,17H,1-2H3,(H2,15,18);1H3. The third kappa shape index (κ3) is 3.34. The minimum atomic E-state index is -0.753. The van der Waals surface area contributed by atoms with Crippen LogP contribution in [0.5, 0.6) is 0 Å². The van der Waals surface area contributed by atoms with Crippen LogP contribution in [-0.2, 0) is 4.79 Å². The molecular formula is C13H16N4O3. The Hall–Kier alpha value is -2.85. The van der Waals surface area contributed by atoms with Gasteiger partial charge in [0.25, 0.3) is 5.91 Å². The summed E-state index contributed by atoms with van der Waals surface area (Å²) in [7, 11) is 2.90. The molecule has 0 unspecified atom stereocenters. The van der Waals surface area contributed by atoms with Gasteiger partial charge in [-0.25, -0.2) is 0 Å². The highest BCUT2D eigenvalue weighted by Gasteiger charge is 2.21. The average molecular weight is 276 g/mol. The fraction of sp³-hybridized carbons (Fsp3) is 0.154. The number of aliphatic hydroxyl groups is 1. The number of primary amides is 1. The lowest BCUT2D eigenvalue weighted by atomic mass is 10.0. The number of nitriles is 1. The molecule has 20 heavy (non-hydrogen) atoms. The number of hydrogen-bond donors (Lipinski definition) is 3. The predicted molar refractivity (Wildman–Crippen MR) is 73.8 cm³/mol. The van der Waals surface area contributed by atoms with E-state index in [1.165, 1.54) is 26.2 Å². The molecule has 1 rings (SSSR count). The molecule has 0 heterocycles. The Balaban J connectivity index is 0.00000361. The molecule has 0 aliphatic heterocycles. The summed E-state index contributed by atoms with van der Waals surface area (Å²) in [4.78, 5) is 24.1. The van der Waals surface area contributed by atoms with Gasteiger partial charge < -0.3 is 21.9 Å². The Morgan fingerprint density at radius 2 is 1.75 bits per heavy atom. The molecule has 0 saturated heterocycles. The highest BCUT2D eigenvalue weighted by molar-refractivity contribution is 6.06. The molecule has 0 bridgehead atoms. The Morgan fingerprint density at radius 1 is 1.25 bits per heavy atom. The van der Waals surface area contributed by atoms with E-state index in [-0.39, 0.29) is 17.3 Å². The zero-order valence-corrected chi connectivity index (χ0v) is 11.3. The molecule has 0 aliphatic carbocycles. The molecule has 1 aromatic carbocycles. The number of nitrogens with zero attached hydrogens (tertiary/aromatic N) is 2. The minimum Gasteiger partial charge on any atom is -0.506 e. The summed E-state index contributed by atoms with van der Waals surface area (Å²) in [6.45, 7) is 0. The highest BCUT2D eigenvalue weighted by atomic mass is 16.3. The number of aliphatic hydroxyl groups excluding tert-OH is 1. The number of likely N-dealkylation sites (N-methyl/N-ethyl adjacent to an activating group) is 1. The van der Waals surface area contributed by atoms with Crippen LogP contribution in [0.1, 0.15) is 15.9 Å². The van der Waals surface area contributed by atoms with Crippen molar-refractivity contribution in [2.45, 2.75) is 0 Å². The van der Waals surface area contributed by atoms with Crippen LogP contribution in [-0.4, -0.2) is 35.9 Å². The van der Waals surface area contributed by atoms with Crippen LogP contribution in [0.25, 0.3) is 5.76 Å². The van der Waals surface area contributed by atoms with Crippen LogP contribution in [0.4, 0.5) is 0 Å². The molecule has 0 atom stereocenters. The van der Waals surface area contributed by atoms with E-state index in [1.54, 1.807) is 18.2 Å². The first-order valence-electron chi connectivity index (χ1n) is 5.34. The lowest BCUT2D eigenvalue weighted by Gasteiger charge is -2.11. The van der Waals surface area contributed by atoms with Gasteiger partial charge in [0.1, 0.15) is 11.8 Å². The average Bonchev–Trinajstić information content (AvgIpc) is 2.39. The van der Waals surface area contributed by atoms with E-state index in [9.17, 15) is 14.7 Å². The molecule has 0 radical (unpaired) electrons. The second kappa shape index (κ2) is 6.92. The molecule has 2 amide bonds. The first kappa shape index (κ1) is 17.2. The maximum absolute atomic E-state index is 11.7. The summed E-state index contributed by atoms with van der Waals surface area (Å²) in [5.41, 5.74) is 4.83. The number of carbonyl (C=O) groups excluding carboxylic acids is 2. The molecule has 0 saturated carbocycles. The van der Waals surface area contributed by atoms with Crippen molar-refractivity contribution in [2.75, 3.05) is 14.1 Å². The van der Waals surface area contributed by atoms with Gasteiger partial charge in [-0.15, -0.1) is 0 Å². The number of hydrogen-bond acceptors (Lipinski definition) is 5. The predicted octanol–water partition coefficient (Wildman–Crippen LogP) is 0.828. The summed E-state index contributed by atoms with van der Waals surface area (Å²) in [5, 5.41) is 19.0. The molecule has 1 aromatic rings. The lowest BCUT2D eigenvalue weighted by Crippen LogP contribution is -2.24. The molecule has 7 heteroatoms. The van der Waals surface area contributed by atoms with E-state index in [0.29, 0.717) is 0 Å². The van der Waals surface area contributed by atoms with Gasteiger partial charge in [-0.05, 0) is 6.07 Å². The Labute approximate surface area is 116 Å². The van der Waals surface area contributed by atoms with E-state index in [1.807, 2.05) is 0 Å². The summed E-state index contributed by atoms with van der Waals surface area (Å²) in [6, 6.07) is 7.58. The largest absolute Gasteiger partial charge is 0.506 e. The van der Waals surface area contributed by atoms with Crippen LogP contribution in [0, 0.1) is 11.3 Å². The van der Waals surface area contributed by atoms with Gasteiger partial charge in [0, 0.05) is 19.7 Å². The highest BCUT2D eigenvalue weighted by Crippen LogP contribution is 2.20. The maximum atomic E-state index is 11.7. The molecular weight excluding hydrogens is 260 g/mol. The Morgan fingerprint density at radius 3 is 2.15 bits per heavy atom. The third-order valence-corrected chi connectivity index (χ3v) is 2.42. The topological polar surface area (TPSA) is 142 Å². The van der Waals surface area contributed by atoms with Gasteiger partial charge in [-0.2, -0.15) is 5.26 Å². The van der Waals surface area contributed by atoms with E-state index in [2.05, 4.69) is 0 Å². The maximum Gasteiger partial charge on any atom is 0.267 e. The molecule has 7 nitrogen and oxygen atoms in total. The first-order valence-corrected chi connectivity index (χ1v) is 5.34. The zero-order valence-electron chi connectivity index (χ0n) is 11.3. The van der Waals surface area contributed by atoms with Crippen LogP contribution >= 0.6 is 0 Å². The molecule has 0 aromatic heterocycles. The first-order chi connectivity index (χ1) is 8.90. The monoisotopic (exact) mass is 276 g/mol. The van der Waals surface area contributed by atoms with E-state index in [4.69, 9.17) is 11.0 Å². The summed E-state index contributed by atoms with van der Waals surface area (Å²) in [6.07, 6.45) is 0. The van der Waals surface area contributed by atoms with Crippen molar-refractivity contribution in [1.82, 2.24) is 11.1 Å². The van der Waals surface area contributed by atoms with Crippen molar-refractivity contribution < 1.29 is 14.7 Å². The molecule has 0 aliphatic rings. The van der Waals surface area contributed by atoms with Crippen LogP contribution in [0.15, 0.2) is 29.8 Å². The number of benzene rings is 1. The Kier molecular flexibility index (Phi) is 5.93. The second-order valence-electron chi connectivity index (χ2n) is 3.94. The SMILES string of the molecule is CN(C)C(=O)C(C#N)=C(O)c1ccccc1C(N)=O.N. The fourth-order valence-corrected chi connectivity index (χ4v) is 1.46. The number of amides is 2. The van der Waals surface area contributed by atoms with Crippen molar-refractivity contribution >= 4 is 17.6 Å². The minimum absolute atomic E-state index is 0. The van der Waals surface area contributed by atoms with Gasteiger partial charge in [-0.1, -0.05) is 18.2 Å². The van der Waals surface area contributed by atoms with E-state index >= 15 is 0 Å². The third-order valence-electron chi connectivity index (χ3n) is 2.42. The molecule has 0 fully saturated rings. The van der Waals surface area contributed by atoms with Crippen molar-refractivity contribution in [2.24, 2.45) is 5.73 Å². The second-order valence-corrected chi connectivity index (χ2v) is 3.94. The zero-order chi connectivity index (χ0) is 14.6. The summed E-state index contributed by atoms with van der Waals surface area (Å²) >= 11 is 0. The smallest absolute Gasteiger partial charge is 0.267 e. The van der Waals surface area contributed by atoms with Crippen molar-refractivity contribution in [3.05, 3.63) is 41.0 Å². The Bertz CT molecular complexity index is 600. The molecule has 6 N–H and O–H groups in total. The van der Waals surface area contributed by atoms with Gasteiger partial charge in [0.15, 0.2) is 5.57 Å². The van der Waals surface area contributed by atoms with Gasteiger partial charge >= 0.3 is 0 Å². The van der Waals surface area contributed by atoms with Crippen LogP contribution in [0.2, 0.25) is 0 Å². The van der Waals surface area contributed by atoms with Crippen LogP contribution < -0.4 is 11.9 Å². The van der Waals surface area contributed by atoms with Crippen LogP contribution in [0.3, 0.4) is 0 Å². The van der Waals surface area contributed by atoms with Gasteiger partial charge in [-0.3, -0.25) is 9.59 Å². The van der Waals surface area contributed by atoms with Gasteiger partial charge in [0.05, 0.1) is 5.56 Å². The van der Waals surface area contributed by atoms with Gasteiger partial charge in [0.2, 0.25) is 5.91 Å². The quantitative estimate of drug-likeness (QED) is 0.425. The number of rotatable bonds is 3. The lowest BCUT2D eigenvalue weighted by molar-refractivity contribution is -0.124. The van der Waals surface area contributed by atoms with Crippen molar-refractivity contribution in [1.29, 1.82) is 5.26 Å². The van der Waals surface area contributed by atoms with Crippen molar-refractivity contribution in [3.63, 3.8) is 0 Å². The molecule has 106 valence electrons. The van der Waals surface area contributed by atoms with Crippen molar-refractivity contribution in [3.8, 4) is 6.07 Å². The fourth-order valence-electron chi connectivity index (χ4n) is 1.46. The summed E-state index contributed by atoms with van der Waals surface area (Å²) in [5.74, 6) is -1.97. The van der Waals surface area contributed by atoms with E-state index < -0.39 is 23.1 Å². The normalized spacial score (nSPS) is 10.7. The number of carbonyl (C=O) groups is 2. The van der Waals surface area contributed by atoms with E-state index in [0.717, 1.165) is 4.90 Å². The number of nitrogens with two attached hydrogens (primary N) is 1.